The molecule has 2 nitrogen and oxygen atoms in total. The molecule has 1 aromatic carbocycles. The molecule has 0 spiro atoms. The predicted molar refractivity (Wildman–Crippen MR) is 85.6 cm³/mol. The number of ether oxygens (including phenoxy) is 1. The van der Waals surface area contributed by atoms with Crippen LogP contribution in [-0.2, 0) is 0 Å². The van der Waals surface area contributed by atoms with E-state index in [1.807, 2.05) is 19.1 Å². The molecule has 7 heteroatoms. The summed E-state index contributed by atoms with van der Waals surface area (Å²) >= 11 is 10.9. The Balaban J connectivity index is 2.33. The molecule has 0 aliphatic carbocycles. The Hall–Kier alpha value is -0.690. The summed E-state index contributed by atoms with van der Waals surface area (Å²) in [7, 11) is 0. The number of rotatable bonds is 6. The van der Waals surface area contributed by atoms with Gasteiger partial charge in [0.05, 0.1) is 6.04 Å². The summed E-state index contributed by atoms with van der Waals surface area (Å²) in [6, 6.07) is 8.50. The van der Waals surface area contributed by atoms with Crippen LogP contribution in [0.15, 0.2) is 34.8 Å². The molecule has 0 radical (unpaired) electrons. The summed E-state index contributed by atoms with van der Waals surface area (Å²) in [4.78, 5) is 1.00. The molecule has 0 bridgehead atoms. The lowest BCUT2D eigenvalue weighted by Gasteiger charge is -2.17. The van der Waals surface area contributed by atoms with Crippen molar-refractivity contribution < 1.29 is 13.5 Å². The van der Waals surface area contributed by atoms with Crippen LogP contribution in [0, 0.1) is 0 Å². The van der Waals surface area contributed by atoms with Gasteiger partial charge in [0.25, 0.3) is 0 Å². The standard InChI is InChI=1S/C14H13BrClF2NOS/c1-2-19-12(11-7-10(15)13(16)21-11)8-4-3-5-9(6-8)20-14(17)18/h3-7,12,14,19H,2H2,1H3. The molecule has 2 rings (SSSR count). The van der Waals surface area contributed by atoms with E-state index in [1.165, 1.54) is 17.4 Å². The van der Waals surface area contributed by atoms with Crippen LogP contribution < -0.4 is 10.1 Å². The molecule has 0 amide bonds. The zero-order valence-electron chi connectivity index (χ0n) is 11.1. The number of thiophene rings is 1. The molecule has 1 aromatic heterocycles. The van der Waals surface area contributed by atoms with Gasteiger partial charge in [-0.25, -0.2) is 0 Å². The van der Waals surface area contributed by atoms with Crippen molar-refractivity contribution in [2.45, 2.75) is 19.6 Å². The highest BCUT2D eigenvalue weighted by molar-refractivity contribution is 9.10. The predicted octanol–water partition coefficient (Wildman–Crippen LogP) is 5.46. The SMILES string of the molecule is CCNC(c1cccc(OC(F)F)c1)c1cc(Br)c(Cl)s1. The highest BCUT2D eigenvalue weighted by Gasteiger charge is 2.18. The lowest BCUT2D eigenvalue weighted by atomic mass is 10.1. The number of hydrogen-bond acceptors (Lipinski definition) is 3. The molecule has 0 fully saturated rings. The third kappa shape index (κ3) is 4.39. The second-order valence-corrected chi connectivity index (χ2v) is 6.75. The van der Waals surface area contributed by atoms with Gasteiger partial charge in [-0.3, -0.25) is 0 Å². The maximum Gasteiger partial charge on any atom is 0.387 e. The minimum atomic E-state index is -2.83. The van der Waals surface area contributed by atoms with Crippen molar-refractivity contribution in [3.63, 3.8) is 0 Å². The minimum Gasteiger partial charge on any atom is -0.435 e. The Morgan fingerprint density at radius 1 is 1.38 bits per heavy atom. The third-order valence-corrected chi connectivity index (χ3v) is 5.31. The molecular formula is C14H13BrClF2NOS. The van der Waals surface area contributed by atoms with Gasteiger partial charge in [0.15, 0.2) is 0 Å². The fourth-order valence-electron chi connectivity index (χ4n) is 1.96. The van der Waals surface area contributed by atoms with Crippen molar-refractivity contribution in [1.82, 2.24) is 5.32 Å². The van der Waals surface area contributed by atoms with Gasteiger partial charge in [-0.2, -0.15) is 8.78 Å². The highest BCUT2D eigenvalue weighted by Crippen LogP contribution is 2.38. The van der Waals surface area contributed by atoms with Gasteiger partial charge < -0.3 is 10.1 Å². The van der Waals surface area contributed by atoms with E-state index in [2.05, 4.69) is 26.0 Å². The van der Waals surface area contributed by atoms with E-state index in [-0.39, 0.29) is 11.8 Å². The Bertz CT molecular complexity index is 589. The molecular weight excluding hydrogens is 384 g/mol. The largest absolute Gasteiger partial charge is 0.435 e. The first-order valence-corrected chi connectivity index (χ1v) is 8.23. The quantitative estimate of drug-likeness (QED) is 0.699. The normalized spacial score (nSPS) is 12.7. The summed E-state index contributed by atoms with van der Waals surface area (Å²) in [6.45, 7) is -0.114. The van der Waals surface area contributed by atoms with Crippen molar-refractivity contribution in [3.8, 4) is 5.75 Å². The molecule has 1 atom stereocenters. The van der Waals surface area contributed by atoms with Gasteiger partial charge in [0.1, 0.15) is 10.1 Å². The first kappa shape index (κ1) is 16.7. The van der Waals surface area contributed by atoms with E-state index in [9.17, 15) is 8.78 Å². The summed E-state index contributed by atoms with van der Waals surface area (Å²) in [6.07, 6.45) is 0. The van der Waals surface area contributed by atoms with Gasteiger partial charge in [-0.15, -0.1) is 11.3 Å². The topological polar surface area (TPSA) is 21.3 Å². The van der Waals surface area contributed by atoms with Crippen molar-refractivity contribution in [1.29, 1.82) is 0 Å². The second-order valence-electron chi connectivity index (χ2n) is 4.21. The first-order chi connectivity index (χ1) is 10.0. The van der Waals surface area contributed by atoms with E-state index in [0.29, 0.717) is 4.34 Å². The van der Waals surface area contributed by atoms with Gasteiger partial charge in [-0.05, 0) is 46.2 Å². The average Bonchev–Trinajstić information content (AvgIpc) is 2.75. The summed E-state index contributed by atoms with van der Waals surface area (Å²) in [5.74, 6) is 0.145. The average molecular weight is 397 g/mol. The molecule has 114 valence electrons. The lowest BCUT2D eigenvalue weighted by Crippen LogP contribution is -2.21. The van der Waals surface area contributed by atoms with Crippen molar-refractivity contribution in [2.24, 2.45) is 0 Å². The molecule has 1 N–H and O–H groups in total. The molecule has 0 saturated heterocycles. The van der Waals surface area contributed by atoms with Crippen LogP contribution >= 0.6 is 38.9 Å². The molecule has 1 unspecified atom stereocenters. The molecule has 0 aliphatic rings. The zero-order valence-corrected chi connectivity index (χ0v) is 14.2. The van der Waals surface area contributed by atoms with Crippen molar-refractivity contribution >= 4 is 38.9 Å². The fourth-order valence-corrected chi connectivity index (χ4v) is 3.80. The summed E-state index contributed by atoms with van der Waals surface area (Å²) in [5.41, 5.74) is 0.848. The van der Waals surface area contributed by atoms with Crippen LogP contribution in [0.4, 0.5) is 8.78 Å². The second kappa shape index (κ2) is 7.54. The van der Waals surface area contributed by atoms with Crippen LogP contribution in [0.1, 0.15) is 23.4 Å². The maximum atomic E-state index is 12.3. The lowest BCUT2D eigenvalue weighted by molar-refractivity contribution is -0.0498. The molecule has 1 heterocycles. The highest BCUT2D eigenvalue weighted by atomic mass is 79.9. The van der Waals surface area contributed by atoms with Crippen LogP contribution in [-0.4, -0.2) is 13.2 Å². The van der Waals surface area contributed by atoms with Crippen molar-refractivity contribution in [2.75, 3.05) is 6.54 Å². The van der Waals surface area contributed by atoms with Gasteiger partial charge in [0, 0.05) is 9.35 Å². The number of benzene rings is 1. The monoisotopic (exact) mass is 395 g/mol. The van der Waals surface area contributed by atoms with Crippen LogP contribution in [0.25, 0.3) is 0 Å². The summed E-state index contributed by atoms with van der Waals surface area (Å²) in [5, 5.41) is 3.32. The van der Waals surface area contributed by atoms with Gasteiger partial charge in [-0.1, -0.05) is 30.7 Å². The third-order valence-electron chi connectivity index (χ3n) is 2.77. The van der Waals surface area contributed by atoms with Gasteiger partial charge >= 0.3 is 6.61 Å². The molecule has 0 saturated carbocycles. The number of nitrogens with one attached hydrogen (secondary N) is 1. The number of alkyl halides is 2. The Morgan fingerprint density at radius 3 is 2.71 bits per heavy atom. The molecule has 0 aliphatic heterocycles. The Morgan fingerprint density at radius 2 is 2.14 bits per heavy atom. The smallest absolute Gasteiger partial charge is 0.387 e. The van der Waals surface area contributed by atoms with Crippen LogP contribution in [0.5, 0.6) is 5.75 Å². The Labute approximate surface area is 139 Å². The molecule has 2 aromatic rings. The van der Waals surface area contributed by atoms with Crippen LogP contribution in [0.2, 0.25) is 4.34 Å². The van der Waals surface area contributed by atoms with E-state index in [4.69, 9.17) is 11.6 Å². The van der Waals surface area contributed by atoms with E-state index < -0.39 is 6.61 Å². The first-order valence-electron chi connectivity index (χ1n) is 6.24. The van der Waals surface area contributed by atoms with E-state index >= 15 is 0 Å². The van der Waals surface area contributed by atoms with E-state index in [1.54, 1.807) is 12.1 Å². The van der Waals surface area contributed by atoms with Crippen LogP contribution in [0.3, 0.4) is 0 Å². The summed E-state index contributed by atoms with van der Waals surface area (Å²) < 4.78 is 30.6. The van der Waals surface area contributed by atoms with Gasteiger partial charge in [0.2, 0.25) is 0 Å². The number of hydrogen-bond donors (Lipinski definition) is 1. The number of halogens is 4. The minimum absolute atomic E-state index is 0.120. The Kier molecular flexibility index (Phi) is 5.98. The molecule has 21 heavy (non-hydrogen) atoms. The van der Waals surface area contributed by atoms with Crippen molar-refractivity contribution in [3.05, 3.63) is 49.6 Å². The van der Waals surface area contributed by atoms with E-state index in [0.717, 1.165) is 21.5 Å². The maximum absolute atomic E-state index is 12.3. The zero-order chi connectivity index (χ0) is 15.4. The fraction of sp³-hybridized carbons (Fsp3) is 0.286.